The molecule has 3 nitrogen and oxygen atoms in total. The minimum Gasteiger partial charge on any atom is -0.396 e. The number of hydrogen-bond donors (Lipinski definition) is 1. The highest BCUT2D eigenvalue weighted by atomic mass is 32.2. The van der Waals surface area contributed by atoms with Gasteiger partial charge in [0.05, 0.1) is 12.4 Å². The first-order chi connectivity index (χ1) is 10.7. The van der Waals surface area contributed by atoms with Crippen LogP contribution >= 0.6 is 11.8 Å². The maximum atomic E-state index is 12.1. The summed E-state index contributed by atoms with van der Waals surface area (Å²) in [5.41, 5.74) is 1.25. The Hall–Kier alpha value is -1.00. The number of aliphatic hydroxyl groups is 1. The van der Waals surface area contributed by atoms with E-state index in [0.29, 0.717) is 5.75 Å². The first kappa shape index (κ1) is 17.4. The molecule has 0 aromatic heterocycles. The second kappa shape index (κ2) is 8.59. The van der Waals surface area contributed by atoms with Crippen LogP contribution in [0.5, 0.6) is 0 Å². The summed E-state index contributed by atoms with van der Waals surface area (Å²) in [6, 6.07) is 10.5. The van der Waals surface area contributed by atoms with Crippen molar-refractivity contribution in [1.82, 2.24) is 4.90 Å². The second-order valence-corrected chi connectivity index (χ2v) is 7.22. The van der Waals surface area contributed by atoms with Gasteiger partial charge in [-0.3, -0.25) is 4.79 Å². The molecule has 1 heterocycles. The van der Waals surface area contributed by atoms with E-state index < -0.39 is 0 Å². The summed E-state index contributed by atoms with van der Waals surface area (Å²) in [6.07, 6.45) is 7.09. The fraction of sp³-hybridized carbons (Fsp3) is 0.611. The van der Waals surface area contributed by atoms with Crippen LogP contribution in [0.3, 0.4) is 0 Å². The zero-order valence-corrected chi connectivity index (χ0v) is 14.3. The molecule has 1 aliphatic heterocycles. The summed E-state index contributed by atoms with van der Waals surface area (Å²) in [5, 5.41) is 9.93. The first-order valence-electron chi connectivity index (χ1n) is 8.11. The molecular weight excluding hydrogens is 294 g/mol. The molecule has 1 N–H and O–H groups in total. The van der Waals surface area contributed by atoms with E-state index >= 15 is 0 Å². The van der Waals surface area contributed by atoms with Crippen molar-refractivity contribution in [3.8, 4) is 0 Å². The van der Waals surface area contributed by atoms with E-state index in [9.17, 15) is 9.90 Å². The van der Waals surface area contributed by atoms with Crippen LogP contribution in [0.2, 0.25) is 0 Å². The minimum atomic E-state index is -0.0961. The molecule has 0 aliphatic carbocycles. The molecule has 1 atom stereocenters. The van der Waals surface area contributed by atoms with Gasteiger partial charge in [-0.2, -0.15) is 11.8 Å². The second-order valence-electron chi connectivity index (χ2n) is 6.35. The van der Waals surface area contributed by atoms with Gasteiger partial charge in [-0.1, -0.05) is 30.3 Å². The lowest BCUT2D eigenvalue weighted by molar-refractivity contribution is -0.132. The van der Waals surface area contributed by atoms with Crippen LogP contribution < -0.4 is 0 Å². The summed E-state index contributed by atoms with van der Waals surface area (Å²) in [7, 11) is 0. The Kier molecular flexibility index (Phi) is 6.77. The topological polar surface area (TPSA) is 40.5 Å². The lowest BCUT2D eigenvalue weighted by atomic mass is 9.76. The van der Waals surface area contributed by atoms with Crippen molar-refractivity contribution in [2.45, 2.75) is 32.1 Å². The van der Waals surface area contributed by atoms with Crippen LogP contribution in [0.25, 0.3) is 0 Å². The van der Waals surface area contributed by atoms with Gasteiger partial charge in [-0.25, -0.2) is 0 Å². The molecule has 0 bridgehead atoms. The maximum Gasteiger partial charge on any atom is 0.232 e. The van der Waals surface area contributed by atoms with Gasteiger partial charge in [0.15, 0.2) is 0 Å². The van der Waals surface area contributed by atoms with Gasteiger partial charge in [0, 0.05) is 18.5 Å². The number of aryl methyl sites for hydroxylation is 1. The number of benzene rings is 1. The summed E-state index contributed by atoms with van der Waals surface area (Å²) >= 11 is 1.57. The van der Waals surface area contributed by atoms with Gasteiger partial charge >= 0.3 is 0 Å². The smallest absolute Gasteiger partial charge is 0.232 e. The number of aliphatic hydroxyl groups excluding tert-OH is 1. The van der Waals surface area contributed by atoms with Gasteiger partial charge in [0.2, 0.25) is 5.91 Å². The maximum absolute atomic E-state index is 12.1. The van der Waals surface area contributed by atoms with Crippen LogP contribution in [0.4, 0.5) is 0 Å². The molecular formula is C18H27NO2S. The number of piperidine rings is 1. The van der Waals surface area contributed by atoms with Crippen molar-refractivity contribution in [2.75, 3.05) is 31.7 Å². The lowest BCUT2D eigenvalue weighted by Gasteiger charge is -2.42. The summed E-state index contributed by atoms with van der Waals surface area (Å²) < 4.78 is 0. The fourth-order valence-electron chi connectivity index (χ4n) is 3.36. The van der Waals surface area contributed by atoms with Gasteiger partial charge in [-0.05, 0) is 43.9 Å². The molecule has 0 saturated carbocycles. The van der Waals surface area contributed by atoms with Crippen molar-refractivity contribution in [2.24, 2.45) is 5.41 Å². The average Bonchev–Trinajstić information content (AvgIpc) is 2.56. The third kappa shape index (κ3) is 4.75. The first-order valence-corrected chi connectivity index (χ1v) is 9.50. The minimum absolute atomic E-state index is 0.0961. The Morgan fingerprint density at radius 1 is 1.36 bits per heavy atom. The predicted octanol–water partition coefficient (Wildman–Crippen LogP) is 2.97. The molecule has 1 aliphatic rings. The Labute approximate surface area is 138 Å². The van der Waals surface area contributed by atoms with Gasteiger partial charge in [-0.15, -0.1) is 0 Å². The lowest BCUT2D eigenvalue weighted by Crippen LogP contribution is -2.48. The molecule has 122 valence electrons. The Morgan fingerprint density at radius 3 is 2.82 bits per heavy atom. The third-order valence-corrected chi connectivity index (χ3v) is 5.17. The predicted molar refractivity (Wildman–Crippen MR) is 93.1 cm³/mol. The van der Waals surface area contributed by atoms with E-state index in [0.717, 1.165) is 45.2 Å². The molecule has 4 heteroatoms. The van der Waals surface area contributed by atoms with E-state index in [1.807, 2.05) is 17.2 Å². The fourth-order valence-corrected chi connectivity index (χ4v) is 3.79. The van der Waals surface area contributed by atoms with Crippen LogP contribution in [0.1, 0.15) is 31.2 Å². The van der Waals surface area contributed by atoms with Gasteiger partial charge in [0.1, 0.15) is 0 Å². The van der Waals surface area contributed by atoms with Gasteiger partial charge < -0.3 is 10.0 Å². The highest BCUT2D eigenvalue weighted by Crippen LogP contribution is 2.35. The number of hydrogen-bond acceptors (Lipinski definition) is 3. The van der Waals surface area contributed by atoms with Gasteiger partial charge in [0.25, 0.3) is 0 Å². The monoisotopic (exact) mass is 321 g/mol. The van der Waals surface area contributed by atoms with Crippen molar-refractivity contribution < 1.29 is 9.90 Å². The zero-order valence-electron chi connectivity index (χ0n) is 13.5. The highest BCUT2D eigenvalue weighted by Gasteiger charge is 2.35. The molecule has 0 unspecified atom stereocenters. The molecule has 0 spiro atoms. The van der Waals surface area contributed by atoms with E-state index in [4.69, 9.17) is 0 Å². The van der Waals surface area contributed by atoms with Crippen molar-refractivity contribution >= 4 is 17.7 Å². The normalized spacial score (nSPS) is 21.8. The number of nitrogens with zero attached hydrogens (tertiary/aromatic N) is 1. The van der Waals surface area contributed by atoms with Crippen molar-refractivity contribution in [3.05, 3.63) is 35.9 Å². The van der Waals surface area contributed by atoms with Crippen LogP contribution in [-0.2, 0) is 11.2 Å². The van der Waals surface area contributed by atoms with Crippen molar-refractivity contribution in [3.63, 3.8) is 0 Å². The number of amides is 1. The number of likely N-dealkylation sites (tertiary alicyclic amines) is 1. The average molecular weight is 321 g/mol. The zero-order chi connectivity index (χ0) is 15.8. The molecule has 1 aromatic rings. The number of carbonyl (C=O) groups excluding carboxylic acids is 1. The van der Waals surface area contributed by atoms with Crippen LogP contribution in [0, 0.1) is 5.41 Å². The Morgan fingerprint density at radius 2 is 2.14 bits per heavy atom. The quantitative estimate of drug-likeness (QED) is 0.839. The molecule has 22 heavy (non-hydrogen) atoms. The van der Waals surface area contributed by atoms with Crippen LogP contribution in [-0.4, -0.2) is 47.6 Å². The Bertz CT molecular complexity index is 465. The van der Waals surface area contributed by atoms with E-state index in [1.165, 1.54) is 5.56 Å². The SMILES string of the molecule is CSCC(=O)N1CCC[C@@](CO)(CCCc2ccccc2)C1. The van der Waals surface area contributed by atoms with E-state index in [2.05, 4.69) is 24.3 Å². The molecule has 0 radical (unpaired) electrons. The summed E-state index contributed by atoms with van der Waals surface area (Å²) in [4.78, 5) is 14.1. The highest BCUT2D eigenvalue weighted by molar-refractivity contribution is 7.99. The molecule has 1 aromatic carbocycles. The van der Waals surface area contributed by atoms with E-state index in [-0.39, 0.29) is 17.9 Å². The van der Waals surface area contributed by atoms with Crippen molar-refractivity contribution in [1.29, 1.82) is 0 Å². The summed E-state index contributed by atoms with van der Waals surface area (Å²) in [6.45, 7) is 1.75. The standard InChI is InChI=1S/C18H27NO2S/c1-22-13-17(21)19-12-6-11-18(14-19,15-20)10-5-9-16-7-3-2-4-8-16/h2-4,7-8,20H,5-6,9-15H2,1H3/t18-/m0/s1. The number of carbonyl (C=O) groups is 1. The molecule has 1 saturated heterocycles. The molecule has 1 fully saturated rings. The molecule has 2 rings (SSSR count). The molecule has 1 amide bonds. The van der Waals surface area contributed by atoms with E-state index in [1.54, 1.807) is 11.8 Å². The number of thioether (sulfide) groups is 1. The largest absolute Gasteiger partial charge is 0.396 e. The Balaban J connectivity index is 1.89. The van der Waals surface area contributed by atoms with Crippen LogP contribution in [0.15, 0.2) is 30.3 Å². The summed E-state index contributed by atoms with van der Waals surface area (Å²) in [5.74, 6) is 0.763. The third-order valence-electron chi connectivity index (χ3n) is 4.63. The number of rotatable bonds is 7.